The van der Waals surface area contributed by atoms with E-state index in [1.165, 1.54) is 18.9 Å². The Bertz CT molecular complexity index is 736. The molecule has 0 aliphatic carbocycles. The smallest absolute Gasteiger partial charge is 0.361 e. The van der Waals surface area contributed by atoms with Gasteiger partial charge in [-0.2, -0.15) is 8.42 Å². The zero-order valence-corrected chi connectivity index (χ0v) is 12.3. The first-order chi connectivity index (χ1) is 10.0. The van der Waals surface area contributed by atoms with Crippen LogP contribution in [0, 0.1) is 0 Å². The van der Waals surface area contributed by atoms with E-state index in [9.17, 15) is 12.3 Å². The predicted octanol–water partition coefficient (Wildman–Crippen LogP) is 2.40. The van der Waals surface area contributed by atoms with Gasteiger partial charge in [0.05, 0.1) is 0 Å². The summed E-state index contributed by atoms with van der Waals surface area (Å²) in [5.74, 6) is 0.0349. The first-order valence-corrected chi connectivity index (χ1v) is 8.29. The molecule has 2 aromatic rings. The Morgan fingerprint density at radius 3 is 2.76 bits per heavy atom. The summed E-state index contributed by atoms with van der Waals surface area (Å²) in [7, 11) is -5.02. The molecule has 1 aromatic carbocycles. The van der Waals surface area contributed by atoms with E-state index in [2.05, 4.69) is 14.1 Å². The Morgan fingerprint density at radius 2 is 2.05 bits per heavy atom. The van der Waals surface area contributed by atoms with Gasteiger partial charge in [-0.25, -0.2) is 0 Å². The van der Waals surface area contributed by atoms with Gasteiger partial charge < -0.3 is 14.1 Å². The van der Waals surface area contributed by atoms with E-state index in [4.69, 9.17) is 0 Å². The number of fused-ring (bicyclic) bond motifs is 1. The summed E-state index contributed by atoms with van der Waals surface area (Å²) in [6.45, 7) is 3.11. The number of hydrogen-bond donors (Lipinski definition) is 1. The second-order valence-corrected chi connectivity index (χ2v) is 6.22. The molecule has 0 spiro atoms. The number of aromatic amines is 1. The zero-order chi connectivity index (χ0) is 14.9. The summed E-state index contributed by atoms with van der Waals surface area (Å²) in [4.78, 5) is 5.44. The fraction of sp³-hybridized carbons (Fsp3) is 0.429. The summed E-state index contributed by atoms with van der Waals surface area (Å²) in [6, 6.07) is 4.91. The van der Waals surface area contributed by atoms with Crippen molar-refractivity contribution in [1.82, 2.24) is 9.88 Å². The van der Waals surface area contributed by atoms with Crippen molar-refractivity contribution < 1.29 is 16.5 Å². The molecule has 0 saturated carbocycles. The Kier molecular flexibility index (Phi) is 3.86. The molecule has 0 radical (unpaired) electrons. The Morgan fingerprint density at radius 1 is 1.29 bits per heavy atom. The third-order valence-electron chi connectivity index (χ3n) is 3.83. The molecule has 5 nitrogen and oxygen atoms in total. The molecule has 1 saturated heterocycles. The minimum atomic E-state index is -5.02. The van der Waals surface area contributed by atoms with Crippen molar-refractivity contribution in [1.29, 1.82) is 0 Å². The SMILES string of the molecule is O=S(=O)(F)Oc1cccc2[nH]cc(CCN3CCCC3)c12. The van der Waals surface area contributed by atoms with Gasteiger partial charge in [0.25, 0.3) is 0 Å². The maximum atomic E-state index is 12.8. The number of hydrogen-bond acceptors (Lipinski definition) is 4. The van der Waals surface area contributed by atoms with Crippen LogP contribution in [0.5, 0.6) is 5.75 Å². The van der Waals surface area contributed by atoms with E-state index in [0.717, 1.165) is 37.1 Å². The van der Waals surface area contributed by atoms with Crippen molar-refractivity contribution in [3.8, 4) is 5.75 Å². The molecule has 7 heteroatoms. The van der Waals surface area contributed by atoms with E-state index in [1.807, 2.05) is 12.3 Å². The summed E-state index contributed by atoms with van der Waals surface area (Å²) in [5.41, 5.74) is 1.68. The van der Waals surface area contributed by atoms with Crippen LogP contribution in [-0.4, -0.2) is 37.9 Å². The summed E-state index contributed by atoms with van der Waals surface area (Å²) < 4.78 is 38.7. The second kappa shape index (κ2) is 5.65. The highest BCUT2D eigenvalue weighted by atomic mass is 32.3. The molecule has 3 rings (SSSR count). The monoisotopic (exact) mass is 312 g/mol. The zero-order valence-electron chi connectivity index (χ0n) is 11.5. The van der Waals surface area contributed by atoms with Gasteiger partial charge in [-0.3, -0.25) is 0 Å². The molecular formula is C14H17FN2O3S. The Labute approximate surface area is 123 Å². The van der Waals surface area contributed by atoms with E-state index >= 15 is 0 Å². The number of halogens is 1. The lowest BCUT2D eigenvalue weighted by Gasteiger charge is -2.14. The number of nitrogens with zero attached hydrogens (tertiary/aromatic N) is 1. The first-order valence-electron chi connectivity index (χ1n) is 6.98. The van der Waals surface area contributed by atoms with E-state index in [0.29, 0.717) is 5.39 Å². The normalized spacial score (nSPS) is 16.6. The van der Waals surface area contributed by atoms with Gasteiger partial charge in [-0.15, -0.1) is 0 Å². The van der Waals surface area contributed by atoms with Crippen molar-refractivity contribution >= 4 is 21.4 Å². The van der Waals surface area contributed by atoms with Crippen LogP contribution in [0.4, 0.5) is 3.89 Å². The van der Waals surface area contributed by atoms with Gasteiger partial charge in [-0.05, 0) is 50.0 Å². The number of H-pyrrole nitrogens is 1. The fourth-order valence-electron chi connectivity index (χ4n) is 2.88. The molecule has 0 amide bonds. The maximum Gasteiger partial charge on any atom is 0.488 e. The minimum Gasteiger partial charge on any atom is -0.361 e. The van der Waals surface area contributed by atoms with Gasteiger partial charge in [0.15, 0.2) is 5.75 Å². The van der Waals surface area contributed by atoms with Gasteiger partial charge in [0, 0.05) is 23.6 Å². The molecule has 114 valence electrons. The number of rotatable bonds is 5. The van der Waals surface area contributed by atoms with Crippen LogP contribution in [0.2, 0.25) is 0 Å². The second-order valence-electron chi connectivity index (χ2n) is 5.27. The fourth-order valence-corrected chi connectivity index (χ4v) is 3.23. The average Bonchev–Trinajstić information content (AvgIpc) is 3.04. The lowest BCUT2D eigenvalue weighted by Crippen LogP contribution is -2.21. The number of benzene rings is 1. The molecule has 21 heavy (non-hydrogen) atoms. The molecule has 1 N–H and O–H groups in total. The van der Waals surface area contributed by atoms with Gasteiger partial charge in [0.1, 0.15) is 0 Å². The highest BCUT2D eigenvalue weighted by Gasteiger charge is 2.17. The first kappa shape index (κ1) is 14.3. The van der Waals surface area contributed by atoms with E-state index < -0.39 is 10.5 Å². The van der Waals surface area contributed by atoms with Crippen molar-refractivity contribution in [3.05, 3.63) is 30.0 Å². The third-order valence-corrected chi connectivity index (χ3v) is 4.21. The Balaban J connectivity index is 1.87. The standard InChI is InChI=1S/C14H17FN2O3S/c15-21(18,19)20-13-5-3-4-12-14(13)11(10-16-12)6-9-17-7-1-2-8-17/h3-5,10,16H,1-2,6-9H2. The highest BCUT2D eigenvalue weighted by molar-refractivity contribution is 7.81. The minimum absolute atomic E-state index is 0.0349. The maximum absolute atomic E-state index is 12.8. The van der Waals surface area contributed by atoms with Crippen LogP contribution in [0.15, 0.2) is 24.4 Å². The molecule has 0 bridgehead atoms. The predicted molar refractivity (Wildman–Crippen MR) is 78.3 cm³/mol. The van der Waals surface area contributed by atoms with E-state index in [1.54, 1.807) is 6.07 Å². The Hall–Kier alpha value is -1.60. The van der Waals surface area contributed by atoms with Crippen LogP contribution < -0.4 is 4.18 Å². The van der Waals surface area contributed by atoms with Gasteiger partial charge in [0.2, 0.25) is 0 Å². The molecule has 0 atom stereocenters. The van der Waals surface area contributed by atoms with Crippen LogP contribution >= 0.6 is 0 Å². The molecule has 2 heterocycles. The highest BCUT2D eigenvalue weighted by Crippen LogP contribution is 2.30. The number of likely N-dealkylation sites (tertiary alicyclic amines) is 1. The quantitative estimate of drug-likeness (QED) is 0.861. The molecule has 1 aliphatic rings. The third kappa shape index (κ3) is 3.36. The lowest BCUT2D eigenvalue weighted by molar-refractivity contribution is 0.344. The van der Waals surface area contributed by atoms with E-state index in [-0.39, 0.29) is 5.75 Å². The van der Waals surface area contributed by atoms with Crippen molar-refractivity contribution in [2.24, 2.45) is 0 Å². The van der Waals surface area contributed by atoms with Crippen LogP contribution in [-0.2, 0) is 16.9 Å². The largest absolute Gasteiger partial charge is 0.488 e. The van der Waals surface area contributed by atoms with Crippen molar-refractivity contribution in [3.63, 3.8) is 0 Å². The lowest BCUT2D eigenvalue weighted by atomic mass is 10.1. The molecule has 1 aliphatic heterocycles. The number of nitrogens with one attached hydrogen (secondary N) is 1. The van der Waals surface area contributed by atoms with Crippen LogP contribution in [0.1, 0.15) is 18.4 Å². The summed E-state index contributed by atoms with van der Waals surface area (Å²) in [5, 5.41) is 0.637. The van der Waals surface area contributed by atoms with Gasteiger partial charge in [-0.1, -0.05) is 9.95 Å². The van der Waals surface area contributed by atoms with Crippen molar-refractivity contribution in [2.75, 3.05) is 19.6 Å². The average molecular weight is 312 g/mol. The molecular weight excluding hydrogens is 295 g/mol. The molecule has 1 aromatic heterocycles. The summed E-state index contributed by atoms with van der Waals surface area (Å²) in [6.07, 6.45) is 5.05. The summed E-state index contributed by atoms with van der Waals surface area (Å²) >= 11 is 0. The van der Waals surface area contributed by atoms with Crippen molar-refractivity contribution in [2.45, 2.75) is 19.3 Å². The topological polar surface area (TPSA) is 62.4 Å². The molecule has 1 fully saturated rings. The molecule has 0 unspecified atom stereocenters. The number of aromatic nitrogens is 1. The van der Waals surface area contributed by atoms with Crippen LogP contribution in [0.3, 0.4) is 0 Å². The van der Waals surface area contributed by atoms with Crippen LogP contribution in [0.25, 0.3) is 10.9 Å². The van der Waals surface area contributed by atoms with Gasteiger partial charge >= 0.3 is 10.5 Å².